The van der Waals surface area contributed by atoms with Crippen LogP contribution in [0.4, 0.5) is 8.78 Å². The van der Waals surface area contributed by atoms with Crippen LogP contribution < -0.4 is 0 Å². The number of rotatable bonds is 4. The van der Waals surface area contributed by atoms with Gasteiger partial charge in [0.25, 0.3) is 0 Å². The largest absolute Gasteiger partial charge is 0.297 e. The normalized spacial score (nSPS) is 14.8. The van der Waals surface area contributed by atoms with Crippen LogP contribution in [-0.4, -0.2) is 30.3 Å². The van der Waals surface area contributed by atoms with Gasteiger partial charge in [0.2, 0.25) is 0 Å². The van der Waals surface area contributed by atoms with Gasteiger partial charge in [-0.05, 0) is 39.6 Å². The van der Waals surface area contributed by atoms with Crippen LogP contribution in [0.1, 0.15) is 30.6 Å². The predicted octanol–water partition coefficient (Wildman–Crippen LogP) is 2.88. The van der Waals surface area contributed by atoms with Crippen LogP contribution in [0.2, 0.25) is 0 Å². The highest BCUT2D eigenvalue weighted by molar-refractivity contribution is 6.03. The number of ketones is 1. The summed E-state index contributed by atoms with van der Waals surface area (Å²) >= 11 is 0. The monoisotopic (exact) mass is 241 g/mol. The number of nitrogens with zero attached hydrogens (tertiary/aromatic N) is 1. The molecular formula is C13H17F2NO. The molecule has 1 atom stereocenters. The summed E-state index contributed by atoms with van der Waals surface area (Å²) < 4.78 is 27.1. The maximum absolute atomic E-state index is 13.6. The van der Waals surface area contributed by atoms with Gasteiger partial charge in [-0.15, -0.1) is 0 Å². The second-order valence-corrected chi connectivity index (χ2v) is 4.45. The Morgan fingerprint density at radius 1 is 1.29 bits per heavy atom. The van der Waals surface area contributed by atoms with Crippen LogP contribution in [0.15, 0.2) is 18.2 Å². The van der Waals surface area contributed by atoms with Gasteiger partial charge in [-0.1, -0.05) is 13.0 Å². The fourth-order valence-corrected chi connectivity index (χ4v) is 1.66. The predicted molar refractivity (Wildman–Crippen MR) is 63.1 cm³/mol. The molecular weight excluding hydrogens is 224 g/mol. The third kappa shape index (κ3) is 2.36. The first-order valence-corrected chi connectivity index (χ1v) is 5.50. The molecule has 0 aliphatic rings. The zero-order valence-electron chi connectivity index (χ0n) is 10.6. The number of carbonyl (C=O) groups excluding carboxylic acids is 1. The van der Waals surface area contributed by atoms with Crippen molar-refractivity contribution in [3.8, 4) is 0 Å². The highest BCUT2D eigenvalue weighted by Gasteiger charge is 2.37. The molecule has 1 aromatic carbocycles. The molecule has 17 heavy (non-hydrogen) atoms. The molecule has 1 unspecified atom stereocenters. The molecule has 0 saturated heterocycles. The van der Waals surface area contributed by atoms with Crippen LogP contribution in [0, 0.1) is 11.6 Å². The van der Waals surface area contributed by atoms with Crippen molar-refractivity contribution in [2.24, 2.45) is 0 Å². The van der Waals surface area contributed by atoms with Gasteiger partial charge in [0.15, 0.2) is 5.78 Å². The molecule has 0 aliphatic carbocycles. The minimum Gasteiger partial charge on any atom is -0.297 e. The zero-order valence-corrected chi connectivity index (χ0v) is 10.6. The summed E-state index contributed by atoms with van der Waals surface area (Å²) in [6.07, 6.45) is 0.479. The number of benzene rings is 1. The first-order valence-electron chi connectivity index (χ1n) is 5.50. The average molecular weight is 241 g/mol. The van der Waals surface area contributed by atoms with E-state index in [1.54, 1.807) is 25.9 Å². The van der Waals surface area contributed by atoms with E-state index in [1.165, 1.54) is 6.07 Å². The van der Waals surface area contributed by atoms with Gasteiger partial charge in [0.1, 0.15) is 11.6 Å². The fourth-order valence-electron chi connectivity index (χ4n) is 1.66. The maximum atomic E-state index is 13.6. The highest BCUT2D eigenvalue weighted by Crippen LogP contribution is 2.25. The Bertz CT molecular complexity index is 411. The van der Waals surface area contributed by atoms with Crippen molar-refractivity contribution in [1.82, 2.24) is 4.90 Å². The topological polar surface area (TPSA) is 20.3 Å². The molecule has 0 spiro atoms. The number of likely N-dealkylation sites (N-methyl/N-ethyl adjacent to an activating group) is 1. The van der Waals surface area contributed by atoms with E-state index in [0.717, 1.165) is 12.1 Å². The third-order valence-corrected chi connectivity index (χ3v) is 3.35. The maximum Gasteiger partial charge on any atom is 0.188 e. The van der Waals surface area contributed by atoms with Crippen molar-refractivity contribution < 1.29 is 13.6 Å². The van der Waals surface area contributed by atoms with E-state index in [-0.39, 0.29) is 0 Å². The molecule has 94 valence electrons. The van der Waals surface area contributed by atoms with Crippen LogP contribution >= 0.6 is 0 Å². The average Bonchev–Trinajstić information content (AvgIpc) is 2.27. The first-order chi connectivity index (χ1) is 7.84. The Balaban J connectivity index is 3.29. The lowest BCUT2D eigenvalue weighted by Gasteiger charge is -2.34. The van der Waals surface area contributed by atoms with E-state index in [0.29, 0.717) is 6.42 Å². The summed E-state index contributed by atoms with van der Waals surface area (Å²) in [6.45, 7) is 3.50. The first kappa shape index (κ1) is 13.8. The van der Waals surface area contributed by atoms with Gasteiger partial charge in [0, 0.05) is 0 Å². The third-order valence-electron chi connectivity index (χ3n) is 3.35. The summed E-state index contributed by atoms with van der Waals surface area (Å²) in [6, 6.07) is 3.45. The van der Waals surface area contributed by atoms with E-state index in [9.17, 15) is 13.6 Å². The van der Waals surface area contributed by atoms with Crippen molar-refractivity contribution in [3.63, 3.8) is 0 Å². The molecule has 0 radical (unpaired) electrons. The minimum absolute atomic E-state index is 0.453. The summed E-state index contributed by atoms with van der Waals surface area (Å²) in [5, 5.41) is 0. The molecule has 0 N–H and O–H groups in total. The van der Waals surface area contributed by atoms with Gasteiger partial charge < -0.3 is 0 Å². The van der Waals surface area contributed by atoms with Crippen molar-refractivity contribution in [2.75, 3.05) is 14.1 Å². The van der Waals surface area contributed by atoms with Crippen molar-refractivity contribution >= 4 is 5.78 Å². The number of Topliss-reactive ketones (excluding diaryl/α,β-unsaturated/α-hetero) is 1. The van der Waals surface area contributed by atoms with Gasteiger partial charge in [-0.3, -0.25) is 9.69 Å². The number of halogens is 2. The molecule has 2 nitrogen and oxygen atoms in total. The van der Waals surface area contributed by atoms with Gasteiger partial charge in [-0.25, -0.2) is 8.78 Å². The van der Waals surface area contributed by atoms with Crippen LogP contribution in [0.5, 0.6) is 0 Å². The second-order valence-electron chi connectivity index (χ2n) is 4.45. The van der Waals surface area contributed by atoms with E-state index in [1.807, 2.05) is 6.92 Å². The molecule has 4 heteroatoms. The molecule has 0 aromatic heterocycles. The van der Waals surface area contributed by atoms with E-state index in [4.69, 9.17) is 0 Å². The summed E-state index contributed by atoms with van der Waals surface area (Å²) in [7, 11) is 3.44. The lowest BCUT2D eigenvalue weighted by Crippen LogP contribution is -2.48. The molecule has 0 fully saturated rings. The fraction of sp³-hybridized carbons (Fsp3) is 0.462. The zero-order chi connectivity index (χ0) is 13.2. The van der Waals surface area contributed by atoms with Crippen molar-refractivity contribution in [3.05, 3.63) is 35.4 Å². The van der Waals surface area contributed by atoms with Gasteiger partial charge in [-0.2, -0.15) is 0 Å². The highest BCUT2D eigenvalue weighted by atomic mass is 19.1. The standard InChI is InChI=1S/C13H17F2NO/c1-5-13(2,16(3)4)12(17)11-9(14)7-6-8-10(11)15/h6-8H,5H2,1-4H3. The minimum atomic E-state index is -0.900. The molecule has 0 bridgehead atoms. The van der Waals surface area contributed by atoms with Crippen molar-refractivity contribution in [2.45, 2.75) is 25.8 Å². The second kappa shape index (κ2) is 4.92. The number of hydrogen-bond acceptors (Lipinski definition) is 2. The van der Waals surface area contributed by atoms with Gasteiger partial charge >= 0.3 is 0 Å². The molecule has 0 aliphatic heterocycles. The molecule has 1 rings (SSSR count). The molecule has 0 saturated carbocycles. The Labute approximate surface area is 100 Å². The molecule has 0 amide bonds. The summed E-state index contributed by atoms with van der Waals surface area (Å²) in [4.78, 5) is 13.9. The summed E-state index contributed by atoms with van der Waals surface area (Å²) in [5.74, 6) is -2.14. The smallest absolute Gasteiger partial charge is 0.188 e. The Kier molecular flexibility index (Phi) is 3.98. The Hall–Kier alpha value is -1.29. The van der Waals surface area contributed by atoms with E-state index < -0.39 is 28.5 Å². The Morgan fingerprint density at radius 3 is 2.12 bits per heavy atom. The van der Waals surface area contributed by atoms with Crippen LogP contribution in [0.25, 0.3) is 0 Å². The van der Waals surface area contributed by atoms with Crippen LogP contribution in [-0.2, 0) is 0 Å². The molecule has 1 aromatic rings. The summed E-state index contributed by atoms with van der Waals surface area (Å²) in [5.41, 5.74) is -1.35. The Morgan fingerprint density at radius 2 is 1.76 bits per heavy atom. The number of carbonyl (C=O) groups is 1. The lowest BCUT2D eigenvalue weighted by molar-refractivity contribution is 0.0701. The number of hydrogen-bond donors (Lipinski definition) is 0. The van der Waals surface area contributed by atoms with Crippen molar-refractivity contribution in [1.29, 1.82) is 0 Å². The SMILES string of the molecule is CCC(C)(C(=O)c1c(F)cccc1F)N(C)C. The lowest BCUT2D eigenvalue weighted by atomic mass is 9.87. The van der Waals surface area contributed by atoms with Gasteiger partial charge in [0.05, 0.1) is 11.1 Å². The van der Waals surface area contributed by atoms with Crippen LogP contribution in [0.3, 0.4) is 0 Å². The molecule has 0 heterocycles. The van der Waals surface area contributed by atoms with E-state index in [2.05, 4.69) is 0 Å². The quantitative estimate of drug-likeness (QED) is 0.755. The van der Waals surface area contributed by atoms with E-state index >= 15 is 0 Å².